The summed E-state index contributed by atoms with van der Waals surface area (Å²) in [5, 5.41) is 9.75. The van der Waals surface area contributed by atoms with Crippen LogP contribution in [0, 0.1) is 6.92 Å². The lowest BCUT2D eigenvalue weighted by Crippen LogP contribution is -2.11. The smallest absolute Gasteiger partial charge is 0.181 e. The summed E-state index contributed by atoms with van der Waals surface area (Å²) in [4.78, 5) is 21.9. The van der Waals surface area contributed by atoms with Gasteiger partial charge in [0.05, 0.1) is 24.2 Å². The number of rotatable bonds is 5. The second-order valence-electron chi connectivity index (χ2n) is 8.58. The van der Waals surface area contributed by atoms with Crippen LogP contribution in [0.15, 0.2) is 83.9 Å². The molecule has 6 rings (SSSR count). The minimum absolute atomic E-state index is 0.0421. The molecular weight excluding hydrogens is 438 g/mol. The van der Waals surface area contributed by atoms with E-state index in [0.717, 1.165) is 45.0 Å². The maximum atomic E-state index is 13.5. The third-order valence-electron chi connectivity index (χ3n) is 6.39. The molecule has 3 heterocycles. The van der Waals surface area contributed by atoms with Crippen molar-refractivity contribution in [2.24, 2.45) is 4.99 Å². The quantitative estimate of drug-likeness (QED) is 0.363. The van der Waals surface area contributed by atoms with Crippen molar-refractivity contribution in [2.75, 3.05) is 7.11 Å². The average Bonchev–Trinajstić information content (AvgIpc) is 3.46. The number of hydrogen-bond acceptors (Lipinski definition) is 5. The van der Waals surface area contributed by atoms with Crippen LogP contribution in [0.1, 0.15) is 45.7 Å². The van der Waals surface area contributed by atoms with E-state index in [2.05, 4.69) is 21.2 Å². The van der Waals surface area contributed by atoms with Gasteiger partial charge in [0.1, 0.15) is 17.6 Å². The zero-order valence-electron chi connectivity index (χ0n) is 19.4. The number of methoxy groups -OCH3 is 1. The number of benzene rings is 3. The Balaban J connectivity index is 1.46. The molecule has 2 aromatic heterocycles. The number of para-hydroxylation sites is 1. The van der Waals surface area contributed by atoms with Gasteiger partial charge in [-0.1, -0.05) is 48.5 Å². The van der Waals surface area contributed by atoms with Gasteiger partial charge in [-0.3, -0.25) is 14.4 Å². The number of carbonyl (C=O) groups excluding carboxylic acids is 1. The van der Waals surface area contributed by atoms with E-state index >= 15 is 0 Å². The number of ether oxygens (including phenoxy) is 1. The van der Waals surface area contributed by atoms with Gasteiger partial charge in [0, 0.05) is 34.5 Å². The topological polar surface area (TPSA) is 85.2 Å². The lowest BCUT2D eigenvalue weighted by Gasteiger charge is -2.12. The van der Waals surface area contributed by atoms with Crippen molar-refractivity contribution in [3.63, 3.8) is 0 Å². The summed E-state index contributed by atoms with van der Waals surface area (Å²) in [7, 11) is 1.63. The second-order valence-corrected chi connectivity index (χ2v) is 8.58. The summed E-state index contributed by atoms with van der Waals surface area (Å²) in [6, 6.07) is 25.2. The van der Waals surface area contributed by atoms with Crippen LogP contribution < -0.4 is 4.74 Å². The molecule has 0 spiro atoms. The first-order valence-electron chi connectivity index (χ1n) is 11.5. The van der Waals surface area contributed by atoms with Gasteiger partial charge < -0.3 is 9.72 Å². The molecule has 0 saturated heterocycles. The Morgan fingerprint density at radius 3 is 2.63 bits per heavy atom. The number of aryl methyl sites for hydroxylation is 1. The van der Waals surface area contributed by atoms with Crippen LogP contribution in [0.3, 0.4) is 0 Å². The molecule has 1 aliphatic heterocycles. The van der Waals surface area contributed by atoms with Gasteiger partial charge >= 0.3 is 0 Å². The standard InChI is InChI=1S/C28H23N5O2/c1-17-31-32-28-24(16-26(34)23-14-19-12-13-20(35-2)15-22(19)29-23)30-27(18-8-4-3-5-9-18)21-10-6-7-11-25(21)33(17)28/h3-15,24,29H,16H2,1-2H3. The molecule has 3 aromatic carbocycles. The van der Waals surface area contributed by atoms with Crippen LogP contribution in [-0.4, -0.2) is 38.4 Å². The fourth-order valence-corrected chi connectivity index (χ4v) is 4.68. The number of fused-ring (bicyclic) bond motifs is 4. The van der Waals surface area contributed by atoms with Crippen LogP contribution in [0.5, 0.6) is 5.75 Å². The van der Waals surface area contributed by atoms with Crippen LogP contribution >= 0.6 is 0 Å². The molecule has 0 fully saturated rings. The van der Waals surface area contributed by atoms with Crippen molar-refractivity contribution in [1.29, 1.82) is 0 Å². The average molecular weight is 462 g/mol. The number of aliphatic imine (C=N–C) groups is 1. The normalized spacial score (nSPS) is 14.7. The van der Waals surface area contributed by atoms with Crippen molar-refractivity contribution in [3.8, 4) is 11.4 Å². The molecule has 7 heteroatoms. The largest absolute Gasteiger partial charge is 0.497 e. The molecule has 35 heavy (non-hydrogen) atoms. The predicted octanol–water partition coefficient (Wildman–Crippen LogP) is 5.23. The number of H-pyrrole nitrogens is 1. The molecule has 172 valence electrons. The van der Waals surface area contributed by atoms with E-state index in [-0.39, 0.29) is 12.2 Å². The first-order chi connectivity index (χ1) is 17.1. The van der Waals surface area contributed by atoms with E-state index in [0.29, 0.717) is 11.5 Å². The second kappa shape index (κ2) is 8.36. The van der Waals surface area contributed by atoms with Gasteiger partial charge in [0.15, 0.2) is 11.6 Å². The zero-order chi connectivity index (χ0) is 23.9. The number of aromatic amines is 1. The summed E-state index contributed by atoms with van der Waals surface area (Å²) >= 11 is 0. The van der Waals surface area contributed by atoms with Crippen molar-refractivity contribution >= 4 is 22.4 Å². The number of nitrogens with zero attached hydrogens (tertiary/aromatic N) is 4. The SMILES string of the molecule is COc1ccc2cc(C(=O)CC3N=C(c4ccccc4)c4ccccc4-n4c(C)nnc43)[nH]c2c1. The molecule has 0 bridgehead atoms. The first kappa shape index (κ1) is 21.0. The Labute approximate surface area is 202 Å². The summed E-state index contributed by atoms with van der Waals surface area (Å²) in [6.45, 7) is 1.92. The van der Waals surface area contributed by atoms with E-state index in [1.807, 2.05) is 84.3 Å². The van der Waals surface area contributed by atoms with Crippen molar-refractivity contribution < 1.29 is 9.53 Å². The van der Waals surface area contributed by atoms with Crippen LogP contribution in [0.4, 0.5) is 0 Å². The molecule has 7 nitrogen and oxygen atoms in total. The fourth-order valence-electron chi connectivity index (χ4n) is 4.68. The molecule has 1 atom stereocenters. The van der Waals surface area contributed by atoms with E-state index < -0.39 is 6.04 Å². The van der Waals surface area contributed by atoms with E-state index in [1.54, 1.807) is 7.11 Å². The maximum absolute atomic E-state index is 13.5. The fraction of sp³-hybridized carbons (Fsp3) is 0.143. The summed E-state index contributed by atoms with van der Waals surface area (Å²) in [6.07, 6.45) is 0.159. The number of aromatic nitrogens is 4. The maximum Gasteiger partial charge on any atom is 0.181 e. The highest BCUT2D eigenvalue weighted by Crippen LogP contribution is 2.33. The summed E-state index contributed by atoms with van der Waals surface area (Å²) in [5.41, 5.74) is 5.16. The summed E-state index contributed by atoms with van der Waals surface area (Å²) < 4.78 is 7.33. The van der Waals surface area contributed by atoms with Crippen LogP contribution in [-0.2, 0) is 0 Å². The molecule has 0 saturated carbocycles. The van der Waals surface area contributed by atoms with E-state index in [4.69, 9.17) is 9.73 Å². The monoisotopic (exact) mass is 461 g/mol. The highest BCUT2D eigenvalue weighted by atomic mass is 16.5. The van der Waals surface area contributed by atoms with Gasteiger partial charge in [0.25, 0.3) is 0 Å². The lowest BCUT2D eigenvalue weighted by atomic mass is 10.0. The van der Waals surface area contributed by atoms with Gasteiger partial charge in [-0.05, 0) is 31.2 Å². The van der Waals surface area contributed by atoms with Gasteiger partial charge in [-0.25, -0.2) is 0 Å². The molecule has 1 N–H and O–H groups in total. The van der Waals surface area contributed by atoms with E-state index in [9.17, 15) is 4.79 Å². The lowest BCUT2D eigenvalue weighted by molar-refractivity contribution is 0.0969. The molecule has 0 aliphatic carbocycles. The number of hydrogen-bond donors (Lipinski definition) is 1. The molecule has 5 aromatic rings. The summed E-state index contributed by atoms with van der Waals surface area (Å²) in [5.74, 6) is 2.11. The van der Waals surface area contributed by atoms with E-state index in [1.165, 1.54) is 0 Å². The van der Waals surface area contributed by atoms with Crippen molar-refractivity contribution in [1.82, 2.24) is 19.7 Å². The Hall–Kier alpha value is -4.52. The Kier molecular flexibility index (Phi) is 5.03. The minimum Gasteiger partial charge on any atom is -0.497 e. The highest BCUT2D eigenvalue weighted by molar-refractivity contribution is 6.15. The van der Waals surface area contributed by atoms with Crippen LogP contribution in [0.2, 0.25) is 0 Å². The van der Waals surface area contributed by atoms with Gasteiger partial charge in [-0.2, -0.15) is 0 Å². The Morgan fingerprint density at radius 2 is 1.80 bits per heavy atom. The van der Waals surface area contributed by atoms with Crippen molar-refractivity contribution in [2.45, 2.75) is 19.4 Å². The molecular formula is C28H23N5O2. The van der Waals surface area contributed by atoms with Crippen LogP contribution in [0.25, 0.3) is 16.6 Å². The third-order valence-corrected chi connectivity index (χ3v) is 6.39. The highest BCUT2D eigenvalue weighted by Gasteiger charge is 2.30. The first-order valence-corrected chi connectivity index (χ1v) is 11.5. The number of carbonyl (C=O) groups is 1. The number of Topliss-reactive ketones (excluding diaryl/α,β-unsaturated/α-hetero) is 1. The predicted molar refractivity (Wildman–Crippen MR) is 135 cm³/mol. The number of nitrogens with one attached hydrogen (secondary N) is 1. The number of ketones is 1. The minimum atomic E-state index is -0.493. The molecule has 1 aliphatic rings. The zero-order valence-corrected chi connectivity index (χ0v) is 19.4. The molecule has 1 unspecified atom stereocenters. The molecule has 0 amide bonds. The Bertz CT molecular complexity index is 1600. The van der Waals surface area contributed by atoms with Gasteiger partial charge in [0.2, 0.25) is 0 Å². The van der Waals surface area contributed by atoms with Gasteiger partial charge in [-0.15, -0.1) is 10.2 Å². The van der Waals surface area contributed by atoms with Crippen molar-refractivity contribution in [3.05, 3.63) is 107 Å². The molecule has 0 radical (unpaired) electrons. The third kappa shape index (κ3) is 3.61. The Morgan fingerprint density at radius 1 is 1.00 bits per heavy atom.